The zero-order chi connectivity index (χ0) is 23.2. The van der Waals surface area contributed by atoms with E-state index in [0.717, 1.165) is 0 Å². The van der Waals surface area contributed by atoms with Gasteiger partial charge in [0.15, 0.2) is 21.3 Å². The van der Waals surface area contributed by atoms with Crippen LogP contribution >= 0.6 is 0 Å². The van der Waals surface area contributed by atoms with Crippen molar-refractivity contribution < 1.29 is 27.4 Å². The molecule has 0 saturated carbocycles. The average Bonchev–Trinajstić information content (AvgIpc) is 3.12. The smallest absolute Gasteiger partial charge is 0.255 e. The normalized spacial score (nSPS) is 18.2. The quantitative estimate of drug-likeness (QED) is 0.393. The minimum Gasteiger partial charge on any atom is -0.493 e. The number of carbonyl (C=O) groups excluding carboxylic acids is 1. The maximum atomic E-state index is 13.5. The number of hydrogen-bond donors (Lipinski definition) is 1. The summed E-state index contributed by atoms with van der Waals surface area (Å²) in [4.78, 5) is 15.0. The Balaban J connectivity index is 2.37. The molecule has 2 N–H and O–H groups in total. The van der Waals surface area contributed by atoms with Crippen molar-refractivity contribution in [1.29, 1.82) is 0 Å². The third kappa shape index (κ3) is 6.55. The zero-order valence-corrected chi connectivity index (χ0v) is 19.9. The number of sulfone groups is 1. The van der Waals surface area contributed by atoms with E-state index in [-0.39, 0.29) is 17.9 Å². The first-order valence-electron chi connectivity index (χ1n) is 10.4. The standard InChI is InChI=1S/C21H35N3O6S/c1-15(2)24(21(31(5,26)27)17-9-10-23(22)14-17)20(25)16-7-8-18(29-4)19(13-16)30-12-6-11-28-3/h7-8,13,15,17,21H,6,9-12,14,22H2,1-5H3/t17-,21?/m1/s1. The van der Waals surface area contributed by atoms with E-state index < -0.39 is 15.2 Å². The number of methoxy groups -OCH3 is 2. The summed E-state index contributed by atoms with van der Waals surface area (Å²) in [7, 11) is -0.416. The Labute approximate surface area is 185 Å². The number of benzene rings is 1. The van der Waals surface area contributed by atoms with Gasteiger partial charge >= 0.3 is 0 Å². The molecule has 1 aromatic rings. The predicted molar refractivity (Wildman–Crippen MR) is 119 cm³/mol. The topological polar surface area (TPSA) is 111 Å². The SMILES string of the molecule is COCCCOc1cc(C(=O)N(C(C)C)C([C@@H]2CCN(N)C2)S(C)(=O)=O)ccc1OC. The molecule has 2 atom stereocenters. The fourth-order valence-electron chi connectivity index (χ4n) is 3.93. The average molecular weight is 458 g/mol. The molecule has 9 nitrogen and oxygen atoms in total. The number of carbonyl (C=O) groups is 1. The van der Waals surface area contributed by atoms with Gasteiger partial charge in [0.05, 0.1) is 13.7 Å². The summed E-state index contributed by atoms with van der Waals surface area (Å²) in [6.45, 7) is 5.60. The van der Waals surface area contributed by atoms with Crippen LogP contribution in [0, 0.1) is 5.92 Å². The van der Waals surface area contributed by atoms with Gasteiger partial charge in [0.25, 0.3) is 5.91 Å². The Hall–Kier alpha value is -1.88. The molecule has 1 heterocycles. The number of nitrogens with zero attached hydrogens (tertiary/aromatic N) is 2. The van der Waals surface area contributed by atoms with Crippen LogP contribution in [0.5, 0.6) is 11.5 Å². The first kappa shape index (κ1) is 25.4. The molecule has 1 saturated heterocycles. The summed E-state index contributed by atoms with van der Waals surface area (Å²) >= 11 is 0. The second kappa shape index (κ2) is 11.1. The Morgan fingerprint density at radius 3 is 2.48 bits per heavy atom. The second-order valence-electron chi connectivity index (χ2n) is 8.13. The first-order chi connectivity index (χ1) is 14.6. The van der Waals surface area contributed by atoms with Gasteiger partial charge in [-0.25, -0.2) is 13.4 Å². The molecule has 1 unspecified atom stereocenters. The minimum absolute atomic E-state index is 0.255. The third-order valence-corrected chi connectivity index (χ3v) is 6.81. The summed E-state index contributed by atoms with van der Waals surface area (Å²) in [5, 5.41) is 0.646. The molecule has 1 amide bonds. The van der Waals surface area contributed by atoms with E-state index in [1.807, 2.05) is 13.8 Å². The van der Waals surface area contributed by atoms with Crippen LogP contribution in [-0.2, 0) is 14.6 Å². The fourth-order valence-corrected chi connectivity index (χ4v) is 5.61. The first-order valence-corrected chi connectivity index (χ1v) is 12.4. The van der Waals surface area contributed by atoms with E-state index in [0.29, 0.717) is 56.2 Å². The Morgan fingerprint density at radius 2 is 1.97 bits per heavy atom. The van der Waals surface area contributed by atoms with Crippen LogP contribution in [0.4, 0.5) is 0 Å². The van der Waals surface area contributed by atoms with E-state index in [4.69, 9.17) is 20.1 Å². The van der Waals surface area contributed by atoms with Crippen LogP contribution in [0.15, 0.2) is 18.2 Å². The maximum Gasteiger partial charge on any atom is 0.255 e. The van der Waals surface area contributed by atoms with Crippen LogP contribution in [0.1, 0.15) is 37.0 Å². The highest BCUT2D eigenvalue weighted by Crippen LogP contribution is 2.32. The molecule has 10 heteroatoms. The molecule has 1 aromatic carbocycles. The molecule has 1 aliphatic heterocycles. The molecule has 2 rings (SSSR count). The van der Waals surface area contributed by atoms with Crippen LogP contribution in [-0.4, -0.2) is 82.4 Å². The third-order valence-electron chi connectivity index (χ3n) is 5.32. The van der Waals surface area contributed by atoms with E-state index in [1.54, 1.807) is 30.3 Å². The van der Waals surface area contributed by atoms with Crippen molar-refractivity contribution >= 4 is 15.7 Å². The van der Waals surface area contributed by atoms with E-state index in [2.05, 4.69) is 0 Å². The molecule has 1 aliphatic rings. The van der Waals surface area contributed by atoms with Gasteiger partial charge in [0, 0.05) is 57.0 Å². The molecule has 0 radical (unpaired) electrons. The van der Waals surface area contributed by atoms with E-state index >= 15 is 0 Å². The molecule has 0 spiro atoms. The highest BCUT2D eigenvalue weighted by molar-refractivity contribution is 7.91. The van der Waals surface area contributed by atoms with Gasteiger partial charge in [-0.15, -0.1) is 0 Å². The fraction of sp³-hybridized carbons (Fsp3) is 0.667. The van der Waals surface area contributed by atoms with Gasteiger partial charge in [0.1, 0.15) is 5.37 Å². The number of nitrogens with two attached hydrogens (primary N) is 1. The van der Waals surface area contributed by atoms with Crippen molar-refractivity contribution in [2.45, 2.75) is 38.1 Å². The Bertz CT molecular complexity index is 846. The number of hydrogen-bond acceptors (Lipinski definition) is 8. The van der Waals surface area contributed by atoms with Crippen molar-refractivity contribution in [3.05, 3.63) is 23.8 Å². The highest BCUT2D eigenvalue weighted by atomic mass is 32.2. The lowest BCUT2D eigenvalue weighted by Crippen LogP contribution is -2.52. The number of amides is 1. The predicted octanol–water partition coefficient (Wildman–Crippen LogP) is 1.53. The lowest BCUT2D eigenvalue weighted by atomic mass is 10.1. The zero-order valence-electron chi connectivity index (χ0n) is 19.0. The summed E-state index contributed by atoms with van der Waals surface area (Å²) in [5.41, 5.74) is 0.340. The lowest BCUT2D eigenvalue weighted by Gasteiger charge is -2.37. The lowest BCUT2D eigenvalue weighted by molar-refractivity contribution is 0.0627. The van der Waals surface area contributed by atoms with Crippen LogP contribution < -0.4 is 15.3 Å². The minimum atomic E-state index is -3.56. The van der Waals surface area contributed by atoms with Crippen molar-refractivity contribution in [1.82, 2.24) is 9.91 Å². The number of rotatable bonds is 11. The van der Waals surface area contributed by atoms with Crippen molar-refractivity contribution in [2.75, 3.05) is 46.8 Å². The molecule has 1 fully saturated rings. The second-order valence-corrected chi connectivity index (χ2v) is 10.3. The van der Waals surface area contributed by atoms with Crippen molar-refractivity contribution in [3.63, 3.8) is 0 Å². The summed E-state index contributed by atoms with van der Waals surface area (Å²) in [6.07, 6.45) is 2.47. The number of hydrazine groups is 1. The monoisotopic (exact) mass is 457 g/mol. The van der Waals surface area contributed by atoms with Gasteiger partial charge in [-0.3, -0.25) is 10.6 Å². The molecule has 176 valence electrons. The molecular formula is C21H35N3O6S. The van der Waals surface area contributed by atoms with Crippen molar-refractivity contribution in [3.8, 4) is 11.5 Å². The maximum absolute atomic E-state index is 13.5. The largest absolute Gasteiger partial charge is 0.493 e. The van der Waals surface area contributed by atoms with Crippen LogP contribution in [0.3, 0.4) is 0 Å². The van der Waals surface area contributed by atoms with Gasteiger partial charge < -0.3 is 19.1 Å². The van der Waals surface area contributed by atoms with Gasteiger partial charge in [0.2, 0.25) is 0 Å². The van der Waals surface area contributed by atoms with Crippen LogP contribution in [0.25, 0.3) is 0 Å². The van der Waals surface area contributed by atoms with Gasteiger partial charge in [-0.2, -0.15) is 0 Å². The van der Waals surface area contributed by atoms with Gasteiger partial charge in [-0.1, -0.05) is 0 Å². The van der Waals surface area contributed by atoms with E-state index in [9.17, 15) is 13.2 Å². The number of ether oxygens (including phenoxy) is 3. The van der Waals surface area contributed by atoms with Crippen LogP contribution in [0.2, 0.25) is 0 Å². The summed E-state index contributed by atoms with van der Waals surface area (Å²) in [6, 6.07) is 4.56. The Kier molecular flexibility index (Phi) is 9.11. The van der Waals surface area contributed by atoms with Gasteiger partial charge in [-0.05, 0) is 38.5 Å². The molecule has 0 bridgehead atoms. The highest BCUT2D eigenvalue weighted by Gasteiger charge is 2.42. The van der Waals surface area contributed by atoms with Crippen molar-refractivity contribution in [2.24, 2.45) is 11.8 Å². The molecular weight excluding hydrogens is 422 g/mol. The Morgan fingerprint density at radius 1 is 1.26 bits per heavy atom. The van der Waals surface area contributed by atoms with E-state index in [1.165, 1.54) is 18.3 Å². The molecule has 31 heavy (non-hydrogen) atoms. The summed E-state index contributed by atoms with van der Waals surface area (Å²) < 4.78 is 41.7. The molecule has 0 aromatic heterocycles. The summed E-state index contributed by atoms with van der Waals surface area (Å²) in [5.74, 6) is 6.19. The molecule has 0 aliphatic carbocycles.